The zero-order valence-electron chi connectivity index (χ0n) is 25.6. The average molecular weight is 527 g/mol. The highest BCUT2D eigenvalue weighted by Gasteiger charge is 2.22. The van der Waals surface area contributed by atoms with Gasteiger partial charge >= 0.3 is 0 Å². The van der Waals surface area contributed by atoms with Crippen molar-refractivity contribution in [3.63, 3.8) is 0 Å². The maximum absolute atomic E-state index is 14.4. The zero-order valence-corrected chi connectivity index (χ0v) is 25.6. The van der Waals surface area contributed by atoms with Gasteiger partial charge in [0.2, 0.25) is 0 Å². The standard InChI is InChI=1S/C33H55FN4/c1-10-21-38(28(7)20-22-37(13-4)25-31-18-15-27(6)23-33(31)34)32(12-3)19-16-26(5)14-17-30(11-2)24-36-29(8)35-9/h11,14-15,17-18,23,28,32H,5,10,12-13,16,19-22,24-25H2,1-4,6-9H3,(H,35,36)/b17-14-,30-11+. The molecule has 0 aliphatic heterocycles. The predicted octanol–water partition coefficient (Wildman–Crippen LogP) is 7.70. The van der Waals surface area contributed by atoms with E-state index in [-0.39, 0.29) is 5.82 Å². The number of nitrogens with one attached hydrogen (secondary N) is 1. The minimum atomic E-state index is -0.0906. The van der Waals surface area contributed by atoms with Crippen molar-refractivity contribution in [2.45, 2.75) is 99.2 Å². The van der Waals surface area contributed by atoms with Crippen LogP contribution in [-0.2, 0) is 6.54 Å². The van der Waals surface area contributed by atoms with Crippen LogP contribution in [0, 0.1) is 12.7 Å². The summed E-state index contributed by atoms with van der Waals surface area (Å²) < 4.78 is 14.4. The molecule has 0 amide bonds. The molecule has 0 aromatic heterocycles. The van der Waals surface area contributed by atoms with Crippen LogP contribution in [0.5, 0.6) is 0 Å². The summed E-state index contributed by atoms with van der Waals surface area (Å²) in [4.78, 5) is 9.23. The van der Waals surface area contributed by atoms with Gasteiger partial charge in [0, 0.05) is 37.8 Å². The van der Waals surface area contributed by atoms with Crippen LogP contribution in [-0.4, -0.2) is 60.9 Å². The molecule has 1 rings (SSSR count). The van der Waals surface area contributed by atoms with Crippen LogP contribution < -0.4 is 5.32 Å². The smallest absolute Gasteiger partial charge is 0.127 e. The minimum Gasteiger partial charge on any atom is -0.370 e. The second-order valence-corrected chi connectivity index (χ2v) is 10.5. The van der Waals surface area contributed by atoms with E-state index in [0.29, 0.717) is 18.6 Å². The van der Waals surface area contributed by atoms with Crippen LogP contribution in [0.3, 0.4) is 0 Å². The number of aliphatic imine (C=N–C) groups is 1. The van der Waals surface area contributed by atoms with E-state index < -0.39 is 0 Å². The summed E-state index contributed by atoms with van der Waals surface area (Å²) in [5.41, 5.74) is 4.16. The van der Waals surface area contributed by atoms with E-state index in [9.17, 15) is 4.39 Å². The maximum Gasteiger partial charge on any atom is 0.127 e. The van der Waals surface area contributed by atoms with E-state index >= 15 is 0 Å². The van der Waals surface area contributed by atoms with Crippen molar-refractivity contribution in [1.82, 2.24) is 15.1 Å². The number of hydrogen-bond acceptors (Lipinski definition) is 3. The van der Waals surface area contributed by atoms with Crippen molar-refractivity contribution in [3.05, 3.63) is 71.1 Å². The van der Waals surface area contributed by atoms with Crippen LogP contribution in [0.1, 0.15) is 84.8 Å². The number of allylic oxidation sites excluding steroid dienone is 3. The molecule has 214 valence electrons. The third kappa shape index (κ3) is 12.5. The van der Waals surface area contributed by atoms with Gasteiger partial charge in [0.1, 0.15) is 5.82 Å². The number of hydrogen-bond donors (Lipinski definition) is 1. The van der Waals surface area contributed by atoms with Gasteiger partial charge in [-0.3, -0.25) is 14.8 Å². The Labute approximate surface area is 233 Å². The van der Waals surface area contributed by atoms with Crippen LogP contribution >= 0.6 is 0 Å². The van der Waals surface area contributed by atoms with Crippen LogP contribution in [0.2, 0.25) is 0 Å². The third-order valence-corrected chi connectivity index (χ3v) is 7.49. The minimum absolute atomic E-state index is 0.0906. The van der Waals surface area contributed by atoms with Gasteiger partial charge in [-0.2, -0.15) is 0 Å². The van der Waals surface area contributed by atoms with E-state index in [0.717, 1.165) is 75.2 Å². The molecule has 0 aliphatic rings. The van der Waals surface area contributed by atoms with Gasteiger partial charge in [-0.15, -0.1) is 0 Å². The lowest BCUT2D eigenvalue weighted by molar-refractivity contribution is 0.114. The summed E-state index contributed by atoms with van der Waals surface area (Å²) in [5, 5.41) is 3.32. The van der Waals surface area contributed by atoms with Crippen LogP contribution in [0.4, 0.5) is 4.39 Å². The Bertz CT molecular complexity index is 918. The van der Waals surface area contributed by atoms with Gasteiger partial charge in [0.25, 0.3) is 0 Å². The first-order valence-corrected chi connectivity index (χ1v) is 14.6. The predicted molar refractivity (Wildman–Crippen MR) is 166 cm³/mol. The molecule has 38 heavy (non-hydrogen) atoms. The molecule has 0 heterocycles. The first-order chi connectivity index (χ1) is 18.2. The Morgan fingerprint density at radius 2 is 1.89 bits per heavy atom. The summed E-state index contributed by atoms with van der Waals surface area (Å²) in [6.45, 7) is 23.9. The fourth-order valence-corrected chi connectivity index (χ4v) is 4.76. The number of halogens is 1. The molecular weight excluding hydrogens is 471 g/mol. The lowest BCUT2D eigenvalue weighted by atomic mass is 9.99. The largest absolute Gasteiger partial charge is 0.370 e. The monoisotopic (exact) mass is 526 g/mol. The van der Waals surface area contributed by atoms with Crippen molar-refractivity contribution in [2.75, 3.05) is 33.2 Å². The molecular formula is C33H55FN4. The summed E-state index contributed by atoms with van der Waals surface area (Å²) >= 11 is 0. The molecule has 1 N–H and O–H groups in total. The Morgan fingerprint density at radius 1 is 1.16 bits per heavy atom. The van der Waals surface area contributed by atoms with Gasteiger partial charge in [0.05, 0.1) is 5.84 Å². The highest BCUT2D eigenvalue weighted by Crippen LogP contribution is 2.21. The summed E-state index contributed by atoms with van der Waals surface area (Å²) in [5.74, 6) is 0.851. The van der Waals surface area contributed by atoms with Crippen molar-refractivity contribution in [2.24, 2.45) is 4.99 Å². The van der Waals surface area contributed by atoms with Gasteiger partial charge in [-0.1, -0.05) is 63.3 Å². The van der Waals surface area contributed by atoms with Crippen molar-refractivity contribution >= 4 is 5.84 Å². The van der Waals surface area contributed by atoms with Crippen molar-refractivity contribution in [1.29, 1.82) is 0 Å². The van der Waals surface area contributed by atoms with Crippen molar-refractivity contribution < 1.29 is 4.39 Å². The van der Waals surface area contributed by atoms with Crippen molar-refractivity contribution in [3.8, 4) is 0 Å². The number of amidine groups is 1. The lowest BCUT2D eigenvalue weighted by Gasteiger charge is -2.37. The van der Waals surface area contributed by atoms with Gasteiger partial charge in [-0.25, -0.2) is 4.39 Å². The zero-order chi connectivity index (χ0) is 28.5. The van der Waals surface area contributed by atoms with Gasteiger partial charge in [0.15, 0.2) is 0 Å². The molecule has 0 bridgehead atoms. The number of rotatable bonds is 18. The Hall–Kier alpha value is -2.24. The van der Waals surface area contributed by atoms with E-state index in [2.05, 4.69) is 79.5 Å². The van der Waals surface area contributed by atoms with E-state index in [1.54, 1.807) is 13.1 Å². The Kier molecular flexibility index (Phi) is 16.8. The molecule has 2 atom stereocenters. The molecule has 4 nitrogen and oxygen atoms in total. The van der Waals surface area contributed by atoms with Gasteiger partial charge in [-0.05, 0) is 96.6 Å². The fourth-order valence-electron chi connectivity index (χ4n) is 4.76. The molecule has 0 aliphatic carbocycles. The molecule has 0 spiro atoms. The normalized spacial score (nSPS) is 14.5. The van der Waals surface area contributed by atoms with E-state index in [1.807, 2.05) is 26.0 Å². The topological polar surface area (TPSA) is 30.9 Å². The molecule has 0 saturated heterocycles. The molecule has 0 radical (unpaired) electrons. The van der Waals surface area contributed by atoms with E-state index in [4.69, 9.17) is 0 Å². The highest BCUT2D eigenvalue weighted by atomic mass is 19.1. The van der Waals surface area contributed by atoms with Crippen LogP contribution in [0.25, 0.3) is 0 Å². The molecule has 0 fully saturated rings. The lowest BCUT2D eigenvalue weighted by Crippen LogP contribution is -2.43. The average Bonchev–Trinajstić information content (AvgIpc) is 2.91. The number of nitrogens with zero attached hydrogens (tertiary/aromatic N) is 3. The summed E-state index contributed by atoms with van der Waals surface area (Å²) in [6.07, 6.45) is 11.9. The Balaban J connectivity index is 2.70. The molecule has 1 aromatic rings. The number of aryl methyl sites for hydroxylation is 1. The first-order valence-electron chi connectivity index (χ1n) is 14.6. The number of benzene rings is 1. The summed E-state index contributed by atoms with van der Waals surface area (Å²) in [7, 11) is 1.80. The third-order valence-electron chi connectivity index (χ3n) is 7.49. The Morgan fingerprint density at radius 3 is 2.47 bits per heavy atom. The highest BCUT2D eigenvalue weighted by molar-refractivity contribution is 5.79. The fraction of sp³-hybridized carbons (Fsp3) is 0.606. The van der Waals surface area contributed by atoms with Gasteiger partial charge < -0.3 is 5.32 Å². The van der Waals surface area contributed by atoms with E-state index in [1.165, 1.54) is 11.1 Å². The maximum atomic E-state index is 14.4. The quantitative estimate of drug-likeness (QED) is 0.121. The molecule has 1 aromatic carbocycles. The summed E-state index contributed by atoms with van der Waals surface area (Å²) in [6, 6.07) is 6.59. The molecule has 2 unspecified atom stereocenters. The molecule has 5 heteroatoms. The first kappa shape index (κ1) is 33.8. The second kappa shape index (κ2) is 18.9. The SMILES string of the molecule is C=C(/C=C\C(=C/C)CNC(C)=NC)CCC(CC)N(CCC)C(C)CCN(CC)Cc1ccc(C)cc1F. The molecule has 0 saturated carbocycles. The second-order valence-electron chi connectivity index (χ2n) is 10.5. The van der Waals surface area contributed by atoms with Crippen LogP contribution in [0.15, 0.2) is 59.1 Å².